The fraction of sp³-hybridized carbons (Fsp3) is 0.630. The van der Waals surface area contributed by atoms with Crippen LogP contribution in [0.3, 0.4) is 0 Å². The number of sulfonamides is 1. The molecule has 4 rings (SSSR count). The van der Waals surface area contributed by atoms with Gasteiger partial charge in [-0.15, -0.1) is 0 Å². The van der Waals surface area contributed by atoms with Crippen LogP contribution in [0.1, 0.15) is 37.7 Å². The number of benzene rings is 1. The predicted octanol–water partition coefficient (Wildman–Crippen LogP) is 1.34. The molecular weight excluding hydrogens is 665 g/mol. The molecule has 2 amide bonds. The molecule has 4 atom stereocenters. The smallest absolute Gasteiger partial charge is 0.242 e. The number of carbonyl (C=O) groups is 2. The quantitative estimate of drug-likeness (QED) is 0.151. The lowest BCUT2D eigenvalue weighted by molar-refractivity contribution is -0.140. The van der Waals surface area contributed by atoms with Gasteiger partial charge in [0.15, 0.2) is 0 Å². The zero-order valence-corrected chi connectivity index (χ0v) is 27.2. The molecule has 6 N–H and O–H groups in total. The van der Waals surface area contributed by atoms with E-state index < -0.39 is 45.8 Å². The Balaban J connectivity index is 1.46. The topological polar surface area (TPSA) is 179 Å². The first-order chi connectivity index (χ1) is 20.4. The molecule has 1 unspecified atom stereocenters. The van der Waals surface area contributed by atoms with Gasteiger partial charge in [-0.25, -0.2) is 17.5 Å². The van der Waals surface area contributed by atoms with E-state index >= 15 is 0 Å². The summed E-state index contributed by atoms with van der Waals surface area (Å²) in [6, 6.07) is 2.71. The molecule has 43 heavy (non-hydrogen) atoms. The number of amides is 2. The van der Waals surface area contributed by atoms with Crippen LogP contribution in [0.25, 0.3) is 0 Å². The Morgan fingerprint density at radius 2 is 2.09 bits per heavy atom. The summed E-state index contributed by atoms with van der Waals surface area (Å²) in [6.45, 7) is 2.42. The van der Waals surface area contributed by atoms with Crippen molar-refractivity contribution in [2.75, 3.05) is 39.0 Å². The van der Waals surface area contributed by atoms with Gasteiger partial charge in [-0.2, -0.15) is 0 Å². The second kappa shape index (κ2) is 15.3. The number of ether oxygens (including phenoxy) is 1. The first-order valence-electron chi connectivity index (χ1n) is 14.3. The van der Waals surface area contributed by atoms with Crippen LogP contribution in [0.4, 0.5) is 4.39 Å². The summed E-state index contributed by atoms with van der Waals surface area (Å²) in [4.78, 5) is 33.0. The van der Waals surface area contributed by atoms with E-state index in [9.17, 15) is 22.4 Å². The highest BCUT2D eigenvalue weighted by Crippen LogP contribution is 2.27. The summed E-state index contributed by atoms with van der Waals surface area (Å²) in [7, 11) is -3.72. The number of hydrogen-bond acceptors (Lipinski definition) is 9. The minimum absolute atomic E-state index is 0.0508. The molecular formula is C27H39BrFN7O5S2. The summed E-state index contributed by atoms with van der Waals surface area (Å²) in [6.07, 6.45) is 3.49. The van der Waals surface area contributed by atoms with E-state index in [0.29, 0.717) is 40.4 Å². The highest BCUT2D eigenvalue weighted by molar-refractivity contribution is 9.10. The first kappa shape index (κ1) is 33.8. The van der Waals surface area contributed by atoms with Crippen LogP contribution >= 0.6 is 27.7 Å². The van der Waals surface area contributed by atoms with Crippen molar-refractivity contribution in [3.63, 3.8) is 0 Å². The number of halogens is 2. The molecule has 12 nitrogen and oxygen atoms in total. The summed E-state index contributed by atoms with van der Waals surface area (Å²) < 4.78 is 48.0. The lowest BCUT2D eigenvalue weighted by Crippen LogP contribution is -2.54. The van der Waals surface area contributed by atoms with Gasteiger partial charge in [-0.3, -0.25) is 20.0 Å². The SMILES string of the molecule is CS(=O)(=O)N[C@H](CCC1CCNCC1)C(=O)N1C[C@H](OCc2ccc(Br)cc2F)C[C@H]1C(=O)NCC1CN=C(C(=N)N)S1. The maximum Gasteiger partial charge on any atom is 0.242 e. The van der Waals surface area contributed by atoms with Crippen LogP contribution in [0, 0.1) is 17.1 Å². The van der Waals surface area contributed by atoms with Gasteiger partial charge in [0.1, 0.15) is 28.8 Å². The van der Waals surface area contributed by atoms with Crippen molar-refractivity contribution in [3.05, 3.63) is 34.1 Å². The number of carbonyl (C=O) groups excluding carboxylic acids is 2. The van der Waals surface area contributed by atoms with E-state index in [4.69, 9.17) is 15.9 Å². The van der Waals surface area contributed by atoms with Crippen molar-refractivity contribution in [1.82, 2.24) is 20.3 Å². The molecule has 1 aromatic carbocycles. The molecule has 0 saturated carbocycles. The molecule has 16 heteroatoms. The summed E-state index contributed by atoms with van der Waals surface area (Å²) >= 11 is 4.55. The van der Waals surface area contributed by atoms with Gasteiger partial charge in [0.2, 0.25) is 21.8 Å². The van der Waals surface area contributed by atoms with Gasteiger partial charge in [-0.05, 0) is 56.8 Å². The average molecular weight is 705 g/mol. The average Bonchev–Trinajstić information content (AvgIpc) is 3.61. The maximum atomic E-state index is 14.4. The summed E-state index contributed by atoms with van der Waals surface area (Å²) in [5.41, 5.74) is 5.86. The van der Waals surface area contributed by atoms with Crippen LogP contribution in [0.2, 0.25) is 0 Å². The number of piperidine rings is 1. The van der Waals surface area contributed by atoms with Crippen molar-refractivity contribution in [2.45, 2.75) is 62.1 Å². The van der Waals surface area contributed by atoms with Gasteiger partial charge < -0.3 is 26.0 Å². The molecule has 3 heterocycles. The molecule has 2 saturated heterocycles. The van der Waals surface area contributed by atoms with Crippen LogP contribution in [0.15, 0.2) is 27.7 Å². The predicted molar refractivity (Wildman–Crippen MR) is 168 cm³/mol. The Hall–Kier alpha value is -2.11. The third-order valence-electron chi connectivity index (χ3n) is 7.77. The molecule has 2 fully saturated rings. The first-order valence-corrected chi connectivity index (χ1v) is 17.8. The molecule has 0 spiro atoms. The highest BCUT2D eigenvalue weighted by Gasteiger charge is 2.43. The van der Waals surface area contributed by atoms with Crippen LogP contribution in [0.5, 0.6) is 0 Å². The van der Waals surface area contributed by atoms with Gasteiger partial charge in [0.25, 0.3) is 0 Å². The van der Waals surface area contributed by atoms with E-state index in [0.717, 1.165) is 32.2 Å². The molecule has 0 bridgehead atoms. The molecule has 3 aliphatic rings. The largest absolute Gasteiger partial charge is 0.382 e. The third kappa shape index (κ3) is 9.94. The molecule has 0 aromatic heterocycles. The van der Waals surface area contributed by atoms with Gasteiger partial charge >= 0.3 is 0 Å². The summed E-state index contributed by atoms with van der Waals surface area (Å²) in [5.74, 6) is -1.08. The van der Waals surface area contributed by atoms with Crippen molar-refractivity contribution < 1.29 is 27.1 Å². The number of nitrogens with zero attached hydrogens (tertiary/aromatic N) is 2. The second-order valence-electron chi connectivity index (χ2n) is 11.2. The molecule has 0 aliphatic carbocycles. The molecule has 1 aromatic rings. The molecule has 3 aliphatic heterocycles. The van der Waals surface area contributed by atoms with E-state index in [1.807, 2.05) is 0 Å². The zero-order chi connectivity index (χ0) is 31.1. The normalized spacial score (nSPS) is 23.7. The number of nitrogens with two attached hydrogens (primary N) is 1. The fourth-order valence-corrected chi connectivity index (χ4v) is 7.50. The lowest BCUT2D eigenvalue weighted by atomic mass is 9.91. The Bertz CT molecular complexity index is 1330. The van der Waals surface area contributed by atoms with Crippen LogP contribution in [-0.2, 0) is 31.0 Å². The molecule has 238 valence electrons. The van der Waals surface area contributed by atoms with Crippen molar-refractivity contribution in [3.8, 4) is 0 Å². The van der Waals surface area contributed by atoms with Gasteiger partial charge in [0.05, 0.1) is 25.5 Å². The third-order valence-corrected chi connectivity index (χ3v) is 10.2. The van der Waals surface area contributed by atoms with Gasteiger partial charge in [-0.1, -0.05) is 33.8 Å². The van der Waals surface area contributed by atoms with Crippen molar-refractivity contribution in [2.24, 2.45) is 16.6 Å². The van der Waals surface area contributed by atoms with Crippen LogP contribution < -0.4 is 21.1 Å². The monoisotopic (exact) mass is 703 g/mol. The molecule has 0 radical (unpaired) electrons. The lowest BCUT2D eigenvalue weighted by Gasteiger charge is -2.30. The van der Waals surface area contributed by atoms with E-state index in [1.165, 1.54) is 22.7 Å². The number of hydrogen-bond donors (Lipinski definition) is 5. The number of amidine groups is 1. The van der Waals surface area contributed by atoms with Crippen LogP contribution in [-0.4, -0.2) is 98.4 Å². The number of aliphatic imine (C=N–C) groups is 1. The zero-order valence-electron chi connectivity index (χ0n) is 24.0. The summed E-state index contributed by atoms with van der Waals surface area (Å²) in [5, 5.41) is 14.1. The number of likely N-dealkylation sites (tertiary alicyclic amines) is 1. The van der Waals surface area contributed by atoms with Crippen molar-refractivity contribution >= 4 is 60.4 Å². The fourth-order valence-electron chi connectivity index (χ4n) is 5.53. The van der Waals surface area contributed by atoms with E-state index in [2.05, 4.69) is 36.3 Å². The standard InChI is InChI=1S/C27H39BrFN7O5S2/c1-43(39,40)35-22(5-2-16-6-8-32-9-7-16)27(38)36-14-19(41-15-17-3-4-18(28)10-21(17)29)11-23(36)25(37)33-12-20-13-34-26(42-20)24(30)31/h3-4,10,16,19-20,22-23,32,35H,2,5-9,11-15H2,1H3,(H3,30,31)(H,33,37)/t19-,20?,22-,23+/m1/s1. The second-order valence-corrected chi connectivity index (χ2v) is 15.2. The minimum Gasteiger partial charge on any atom is -0.382 e. The minimum atomic E-state index is -3.72. The Morgan fingerprint density at radius 1 is 1.35 bits per heavy atom. The highest BCUT2D eigenvalue weighted by atomic mass is 79.9. The Morgan fingerprint density at radius 3 is 2.74 bits per heavy atom. The van der Waals surface area contributed by atoms with E-state index in [1.54, 1.807) is 12.1 Å². The number of thioether (sulfide) groups is 1. The Kier molecular flexibility index (Phi) is 12.0. The van der Waals surface area contributed by atoms with E-state index in [-0.39, 0.29) is 37.2 Å². The maximum absolute atomic E-state index is 14.4. The number of nitrogens with one attached hydrogen (secondary N) is 4. The number of rotatable bonds is 13. The Labute approximate surface area is 264 Å². The van der Waals surface area contributed by atoms with Crippen molar-refractivity contribution in [1.29, 1.82) is 5.41 Å². The van der Waals surface area contributed by atoms with Gasteiger partial charge in [0, 0.05) is 34.8 Å².